The van der Waals surface area contributed by atoms with E-state index in [2.05, 4.69) is 6.92 Å². The van der Waals surface area contributed by atoms with E-state index >= 15 is 0 Å². The summed E-state index contributed by atoms with van der Waals surface area (Å²) in [4.78, 5) is 14.6. The molecule has 1 heterocycles. The number of hydrogen-bond donors (Lipinski definition) is 2. The van der Waals surface area contributed by atoms with E-state index in [0.29, 0.717) is 11.8 Å². The van der Waals surface area contributed by atoms with Gasteiger partial charge in [-0.15, -0.1) is 0 Å². The predicted molar refractivity (Wildman–Crippen MR) is 75.5 cm³/mol. The summed E-state index contributed by atoms with van der Waals surface area (Å²) in [5, 5.41) is 9.05. The fourth-order valence-electron chi connectivity index (χ4n) is 3.61. The number of hydrogen-bond acceptors (Lipinski definition) is 3. The Balaban J connectivity index is 1.94. The first kappa shape index (κ1) is 14.8. The molecule has 110 valence electrons. The molecule has 2 fully saturated rings. The van der Waals surface area contributed by atoms with Gasteiger partial charge in [0.15, 0.2) is 0 Å². The zero-order valence-corrected chi connectivity index (χ0v) is 12.1. The van der Waals surface area contributed by atoms with E-state index in [1.165, 1.54) is 0 Å². The van der Waals surface area contributed by atoms with Crippen molar-refractivity contribution >= 4 is 5.91 Å². The number of carbonyl (C=O) groups excluding carboxylic acids is 1. The zero-order valence-electron chi connectivity index (χ0n) is 12.1. The van der Waals surface area contributed by atoms with Gasteiger partial charge in [-0.2, -0.15) is 0 Å². The highest BCUT2D eigenvalue weighted by molar-refractivity contribution is 5.79. The molecule has 4 nitrogen and oxygen atoms in total. The van der Waals surface area contributed by atoms with Gasteiger partial charge in [-0.1, -0.05) is 6.92 Å². The molecule has 4 heteroatoms. The Morgan fingerprint density at radius 1 is 1.37 bits per heavy atom. The van der Waals surface area contributed by atoms with Gasteiger partial charge in [-0.05, 0) is 50.4 Å². The highest BCUT2D eigenvalue weighted by Gasteiger charge is 2.35. The molecule has 1 aliphatic heterocycles. The van der Waals surface area contributed by atoms with Gasteiger partial charge in [0.1, 0.15) is 0 Å². The second-order valence-electron chi connectivity index (χ2n) is 6.49. The first-order valence-electron chi connectivity index (χ1n) is 7.77. The van der Waals surface area contributed by atoms with Crippen LogP contribution in [-0.4, -0.2) is 41.7 Å². The molecule has 19 heavy (non-hydrogen) atoms. The molecule has 4 atom stereocenters. The van der Waals surface area contributed by atoms with Crippen LogP contribution in [0.1, 0.15) is 45.4 Å². The van der Waals surface area contributed by atoms with Crippen molar-refractivity contribution in [1.29, 1.82) is 0 Å². The van der Waals surface area contributed by atoms with Crippen molar-refractivity contribution in [2.75, 3.05) is 19.7 Å². The molecule has 0 spiro atoms. The number of amides is 1. The second-order valence-corrected chi connectivity index (χ2v) is 6.49. The van der Waals surface area contributed by atoms with Crippen LogP contribution in [-0.2, 0) is 4.79 Å². The maximum absolute atomic E-state index is 12.6. The summed E-state index contributed by atoms with van der Waals surface area (Å²) < 4.78 is 0. The Labute approximate surface area is 116 Å². The first-order chi connectivity index (χ1) is 9.11. The van der Waals surface area contributed by atoms with Gasteiger partial charge in [-0.25, -0.2) is 0 Å². The molecule has 1 aliphatic carbocycles. The number of nitrogens with zero attached hydrogens (tertiary/aromatic N) is 1. The van der Waals surface area contributed by atoms with Crippen LogP contribution in [0.25, 0.3) is 0 Å². The van der Waals surface area contributed by atoms with Crippen LogP contribution < -0.4 is 5.73 Å². The fourth-order valence-corrected chi connectivity index (χ4v) is 3.61. The van der Waals surface area contributed by atoms with E-state index in [1.54, 1.807) is 0 Å². The van der Waals surface area contributed by atoms with Crippen LogP contribution in [0.3, 0.4) is 0 Å². The average molecular weight is 268 g/mol. The molecule has 1 saturated heterocycles. The Morgan fingerprint density at radius 3 is 2.89 bits per heavy atom. The van der Waals surface area contributed by atoms with E-state index in [9.17, 15) is 4.79 Å². The number of aliphatic hydroxyl groups excluding tert-OH is 1. The minimum Gasteiger partial charge on any atom is -0.396 e. The molecule has 2 rings (SSSR count). The van der Waals surface area contributed by atoms with Crippen LogP contribution in [0.5, 0.6) is 0 Å². The molecule has 0 aromatic carbocycles. The van der Waals surface area contributed by atoms with Crippen LogP contribution in [0.15, 0.2) is 0 Å². The van der Waals surface area contributed by atoms with Crippen molar-refractivity contribution in [3.8, 4) is 0 Å². The van der Waals surface area contributed by atoms with E-state index in [-0.39, 0.29) is 24.5 Å². The molecule has 0 radical (unpaired) electrons. The molecule has 4 unspecified atom stereocenters. The molecule has 1 saturated carbocycles. The fraction of sp³-hybridized carbons (Fsp3) is 0.933. The highest BCUT2D eigenvalue weighted by Crippen LogP contribution is 2.30. The van der Waals surface area contributed by atoms with E-state index in [4.69, 9.17) is 10.8 Å². The Kier molecular flexibility index (Phi) is 5.22. The lowest BCUT2D eigenvalue weighted by Crippen LogP contribution is -2.49. The SMILES string of the molecule is CC1CCC(N)C(C(=O)N2CCCC(CCO)C2)C1. The summed E-state index contributed by atoms with van der Waals surface area (Å²) in [5.74, 6) is 1.38. The maximum Gasteiger partial charge on any atom is 0.227 e. The molecule has 3 N–H and O–H groups in total. The van der Waals surface area contributed by atoms with Crippen molar-refractivity contribution in [2.45, 2.75) is 51.5 Å². The molecule has 0 aromatic rings. The number of nitrogens with two attached hydrogens (primary N) is 1. The lowest BCUT2D eigenvalue weighted by molar-refractivity contribution is -0.139. The van der Waals surface area contributed by atoms with Crippen LogP contribution >= 0.6 is 0 Å². The number of aliphatic hydroxyl groups is 1. The Morgan fingerprint density at radius 2 is 2.16 bits per heavy atom. The molecule has 2 aliphatic rings. The summed E-state index contributed by atoms with van der Waals surface area (Å²) in [6.07, 6.45) is 6.09. The smallest absolute Gasteiger partial charge is 0.227 e. The Hall–Kier alpha value is -0.610. The van der Waals surface area contributed by atoms with Crippen LogP contribution in [0.4, 0.5) is 0 Å². The van der Waals surface area contributed by atoms with Crippen molar-refractivity contribution < 1.29 is 9.90 Å². The summed E-state index contributed by atoms with van der Waals surface area (Å²) in [6.45, 7) is 4.14. The molecular weight excluding hydrogens is 240 g/mol. The van der Waals surface area contributed by atoms with Gasteiger partial charge in [0.2, 0.25) is 5.91 Å². The second kappa shape index (κ2) is 6.71. The van der Waals surface area contributed by atoms with Crippen molar-refractivity contribution in [3.63, 3.8) is 0 Å². The summed E-state index contributed by atoms with van der Waals surface area (Å²) in [7, 11) is 0. The summed E-state index contributed by atoms with van der Waals surface area (Å²) >= 11 is 0. The van der Waals surface area contributed by atoms with Gasteiger partial charge in [0.25, 0.3) is 0 Å². The summed E-state index contributed by atoms with van der Waals surface area (Å²) in [6, 6.07) is 0.0434. The van der Waals surface area contributed by atoms with Crippen LogP contribution in [0.2, 0.25) is 0 Å². The quantitative estimate of drug-likeness (QED) is 0.812. The third-order valence-electron chi connectivity index (χ3n) is 4.85. The zero-order chi connectivity index (χ0) is 13.8. The van der Waals surface area contributed by atoms with Gasteiger partial charge in [-0.3, -0.25) is 4.79 Å². The normalized spacial score (nSPS) is 36.3. The largest absolute Gasteiger partial charge is 0.396 e. The molecule has 0 bridgehead atoms. The lowest BCUT2D eigenvalue weighted by Gasteiger charge is -2.39. The lowest BCUT2D eigenvalue weighted by atomic mass is 9.78. The maximum atomic E-state index is 12.6. The third-order valence-corrected chi connectivity index (χ3v) is 4.85. The van der Waals surface area contributed by atoms with Crippen molar-refractivity contribution in [3.05, 3.63) is 0 Å². The molecular formula is C15H28N2O2. The predicted octanol–water partition coefficient (Wildman–Crippen LogP) is 1.37. The number of carbonyl (C=O) groups is 1. The third kappa shape index (κ3) is 3.69. The van der Waals surface area contributed by atoms with E-state index < -0.39 is 0 Å². The van der Waals surface area contributed by atoms with Gasteiger partial charge in [0, 0.05) is 25.7 Å². The van der Waals surface area contributed by atoms with Gasteiger partial charge < -0.3 is 15.7 Å². The molecule has 0 aromatic heterocycles. The number of likely N-dealkylation sites (tertiary alicyclic amines) is 1. The molecule has 1 amide bonds. The minimum atomic E-state index is 0.0247. The van der Waals surface area contributed by atoms with Gasteiger partial charge in [0.05, 0.1) is 5.92 Å². The number of piperidine rings is 1. The Bertz CT molecular complexity index is 307. The van der Waals surface area contributed by atoms with Crippen molar-refractivity contribution in [1.82, 2.24) is 4.90 Å². The number of rotatable bonds is 3. The minimum absolute atomic E-state index is 0.0247. The topological polar surface area (TPSA) is 66.6 Å². The average Bonchev–Trinajstić information content (AvgIpc) is 2.41. The van der Waals surface area contributed by atoms with Crippen LogP contribution in [0, 0.1) is 17.8 Å². The van der Waals surface area contributed by atoms with Gasteiger partial charge >= 0.3 is 0 Å². The monoisotopic (exact) mass is 268 g/mol. The summed E-state index contributed by atoms with van der Waals surface area (Å²) in [5.41, 5.74) is 6.15. The standard InChI is InChI=1S/C15H28N2O2/c1-11-4-5-14(16)13(9-11)15(19)17-7-2-3-12(10-17)6-8-18/h11-14,18H,2-10,16H2,1H3. The van der Waals surface area contributed by atoms with E-state index in [0.717, 1.165) is 51.6 Å². The first-order valence-corrected chi connectivity index (χ1v) is 7.77. The highest BCUT2D eigenvalue weighted by atomic mass is 16.3. The van der Waals surface area contributed by atoms with Crippen molar-refractivity contribution in [2.24, 2.45) is 23.5 Å². The van der Waals surface area contributed by atoms with E-state index in [1.807, 2.05) is 4.90 Å².